The first-order valence-corrected chi connectivity index (χ1v) is 5.64. The summed E-state index contributed by atoms with van der Waals surface area (Å²) in [6.07, 6.45) is 4.24. The largest absolute Gasteiger partial charge is 0.469 e. The quantitative estimate of drug-likeness (QED) is 0.674. The Kier molecular flexibility index (Phi) is 5.65. The molecule has 4 heteroatoms. The molecule has 0 aromatic carbocycles. The molecule has 0 aromatic heterocycles. The van der Waals surface area contributed by atoms with Crippen molar-refractivity contribution in [2.75, 3.05) is 20.3 Å². The molecule has 0 amide bonds. The van der Waals surface area contributed by atoms with E-state index in [9.17, 15) is 4.79 Å². The molecule has 1 aliphatic heterocycles. The molecule has 15 heavy (non-hydrogen) atoms. The number of nitrogens with one attached hydrogen (secondary N) is 1. The van der Waals surface area contributed by atoms with E-state index in [0.717, 1.165) is 19.6 Å². The van der Waals surface area contributed by atoms with Crippen molar-refractivity contribution in [1.29, 1.82) is 0 Å². The van der Waals surface area contributed by atoms with E-state index in [1.807, 2.05) is 6.92 Å². The van der Waals surface area contributed by atoms with Crippen molar-refractivity contribution >= 4 is 5.97 Å². The van der Waals surface area contributed by atoms with Crippen molar-refractivity contribution in [3.63, 3.8) is 0 Å². The maximum Gasteiger partial charge on any atom is 0.307 e. The maximum absolute atomic E-state index is 11.0. The zero-order chi connectivity index (χ0) is 11.1. The molecule has 0 spiro atoms. The van der Waals surface area contributed by atoms with Crippen LogP contribution in [0.1, 0.15) is 32.6 Å². The average Bonchev–Trinajstić information content (AvgIpc) is 2.70. The summed E-state index contributed by atoms with van der Waals surface area (Å²) in [7, 11) is 1.42. The molecule has 1 heterocycles. The van der Waals surface area contributed by atoms with Gasteiger partial charge in [0.25, 0.3) is 0 Å². The van der Waals surface area contributed by atoms with Crippen LogP contribution < -0.4 is 5.32 Å². The summed E-state index contributed by atoms with van der Waals surface area (Å²) < 4.78 is 10.1. The van der Waals surface area contributed by atoms with E-state index in [0.29, 0.717) is 12.5 Å². The minimum absolute atomic E-state index is 0.160. The van der Waals surface area contributed by atoms with Gasteiger partial charge in [0, 0.05) is 12.6 Å². The van der Waals surface area contributed by atoms with Crippen LogP contribution in [0.2, 0.25) is 0 Å². The molecule has 1 fully saturated rings. The number of ether oxygens (including phenoxy) is 2. The molecule has 1 N–H and O–H groups in total. The van der Waals surface area contributed by atoms with Gasteiger partial charge in [0.1, 0.15) is 0 Å². The lowest BCUT2D eigenvalue weighted by Crippen LogP contribution is -2.31. The summed E-state index contributed by atoms with van der Waals surface area (Å²) in [5.41, 5.74) is 0. The van der Waals surface area contributed by atoms with E-state index in [1.165, 1.54) is 20.0 Å². The second-order valence-electron chi connectivity index (χ2n) is 4.06. The van der Waals surface area contributed by atoms with Crippen LogP contribution in [0, 0.1) is 0 Å². The van der Waals surface area contributed by atoms with Crippen molar-refractivity contribution in [1.82, 2.24) is 5.32 Å². The number of hydrogen-bond acceptors (Lipinski definition) is 4. The third-order valence-corrected chi connectivity index (χ3v) is 2.68. The molecule has 88 valence electrons. The van der Waals surface area contributed by atoms with Gasteiger partial charge in [-0.15, -0.1) is 0 Å². The van der Waals surface area contributed by atoms with E-state index in [4.69, 9.17) is 4.74 Å². The molecule has 0 bridgehead atoms. The van der Waals surface area contributed by atoms with Gasteiger partial charge in [-0.25, -0.2) is 0 Å². The molecular formula is C11H21NO3. The summed E-state index contributed by atoms with van der Waals surface area (Å²) in [6, 6.07) is 0.179. The predicted molar refractivity (Wildman–Crippen MR) is 57.7 cm³/mol. The number of carbonyl (C=O) groups is 1. The molecule has 4 nitrogen and oxygen atoms in total. The minimum Gasteiger partial charge on any atom is -0.469 e. The lowest BCUT2D eigenvalue weighted by atomic mass is 10.1. The van der Waals surface area contributed by atoms with Gasteiger partial charge in [0.05, 0.1) is 19.6 Å². The molecule has 1 aliphatic rings. The Morgan fingerprint density at radius 2 is 2.47 bits per heavy atom. The van der Waals surface area contributed by atoms with E-state index in [2.05, 4.69) is 10.1 Å². The number of rotatable bonds is 6. The standard InChI is InChI=1S/C11H21NO3/c1-9(8-11(13)14-2)12-6-5-10-4-3-7-15-10/h9-10,12H,3-8H2,1-2H3. The topological polar surface area (TPSA) is 47.6 Å². The number of hydrogen-bond donors (Lipinski definition) is 1. The highest BCUT2D eigenvalue weighted by Gasteiger charge is 2.15. The fraction of sp³-hybridized carbons (Fsp3) is 0.909. The summed E-state index contributed by atoms with van der Waals surface area (Å²) in [4.78, 5) is 11.0. The molecule has 2 unspecified atom stereocenters. The van der Waals surface area contributed by atoms with Gasteiger partial charge < -0.3 is 14.8 Å². The monoisotopic (exact) mass is 215 g/mol. The molecule has 0 aliphatic carbocycles. The number of esters is 1. The van der Waals surface area contributed by atoms with Gasteiger partial charge in [-0.3, -0.25) is 4.79 Å². The first kappa shape index (κ1) is 12.5. The van der Waals surface area contributed by atoms with E-state index in [-0.39, 0.29) is 12.0 Å². The normalized spacial score (nSPS) is 22.7. The molecule has 1 saturated heterocycles. The molecule has 0 radical (unpaired) electrons. The Hall–Kier alpha value is -0.610. The van der Waals surface area contributed by atoms with Gasteiger partial charge in [0.2, 0.25) is 0 Å². The smallest absolute Gasteiger partial charge is 0.307 e. The minimum atomic E-state index is -0.160. The lowest BCUT2D eigenvalue weighted by Gasteiger charge is -2.14. The second kappa shape index (κ2) is 6.80. The first-order chi connectivity index (χ1) is 7.22. The highest BCUT2D eigenvalue weighted by Crippen LogP contribution is 2.14. The highest BCUT2D eigenvalue weighted by molar-refractivity contribution is 5.69. The van der Waals surface area contributed by atoms with Gasteiger partial charge >= 0.3 is 5.97 Å². The Morgan fingerprint density at radius 3 is 3.07 bits per heavy atom. The molecule has 0 aromatic rings. The van der Waals surface area contributed by atoms with Gasteiger partial charge in [-0.1, -0.05) is 0 Å². The van der Waals surface area contributed by atoms with Crippen molar-refractivity contribution in [2.45, 2.75) is 44.8 Å². The van der Waals surface area contributed by atoms with Crippen LogP contribution >= 0.6 is 0 Å². The number of methoxy groups -OCH3 is 1. The maximum atomic E-state index is 11.0. The Labute approximate surface area is 91.3 Å². The van der Waals surface area contributed by atoms with Gasteiger partial charge in [-0.2, -0.15) is 0 Å². The van der Waals surface area contributed by atoms with Crippen molar-refractivity contribution in [3.05, 3.63) is 0 Å². The Bertz CT molecular complexity index is 190. The summed E-state index contributed by atoms with van der Waals surface area (Å²) in [5, 5.41) is 3.29. The van der Waals surface area contributed by atoms with Crippen molar-refractivity contribution in [3.8, 4) is 0 Å². The van der Waals surface area contributed by atoms with Crippen LogP contribution in [-0.4, -0.2) is 38.4 Å². The highest BCUT2D eigenvalue weighted by atomic mass is 16.5. The first-order valence-electron chi connectivity index (χ1n) is 5.64. The summed E-state index contributed by atoms with van der Waals surface area (Å²) >= 11 is 0. The van der Waals surface area contributed by atoms with Gasteiger partial charge in [-0.05, 0) is 32.7 Å². The van der Waals surface area contributed by atoms with Gasteiger partial charge in [0.15, 0.2) is 0 Å². The Morgan fingerprint density at radius 1 is 1.67 bits per heavy atom. The fourth-order valence-electron chi connectivity index (χ4n) is 1.77. The van der Waals surface area contributed by atoms with Crippen LogP contribution in [0.15, 0.2) is 0 Å². The summed E-state index contributed by atoms with van der Waals surface area (Å²) in [6.45, 7) is 3.80. The SMILES string of the molecule is COC(=O)CC(C)NCCC1CCCO1. The molecule has 1 rings (SSSR count). The van der Waals surface area contributed by atoms with E-state index in [1.54, 1.807) is 0 Å². The van der Waals surface area contributed by atoms with Crippen molar-refractivity contribution in [2.24, 2.45) is 0 Å². The second-order valence-corrected chi connectivity index (χ2v) is 4.06. The Balaban J connectivity index is 2.00. The van der Waals surface area contributed by atoms with Crippen LogP contribution in [0.5, 0.6) is 0 Å². The predicted octanol–water partition coefficient (Wildman–Crippen LogP) is 1.10. The molecular weight excluding hydrogens is 194 g/mol. The lowest BCUT2D eigenvalue weighted by molar-refractivity contribution is -0.141. The third kappa shape index (κ3) is 5.14. The van der Waals surface area contributed by atoms with E-state index >= 15 is 0 Å². The zero-order valence-corrected chi connectivity index (χ0v) is 9.62. The molecule has 0 saturated carbocycles. The zero-order valence-electron chi connectivity index (χ0n) is 9.62. The summed E-state index contributed by atoms with van der Waals surface area (Å²) in [5.74, 6) is -0.160. The fourth-order valence-corrected chi connectivity index (χ4v) is 1.77. The van der Waals surface area contributed by atoms with Crippen LogP contribution in [0.3, 0.4) is 0 Å². The molecule has 2 atom stereocenters. The average molecular weight is 215 g/mol. The van der Waals surface area contributed by atoms with Crippen LogP contribution in [-0.2, 0) is 14.3 Å². The number of carbonyl (C=O) groups excluding carboxylic acids is 1. The third-order valence-electron chi connectivity index (χ3n) is 2.68. The van der Waals surface area contributed by atoms with Crippen LogP contribution in [0.25, 0.3) is 0 Å². The van der Waals surface area contributed by atoms with Crippen LogP contribution in [0.4, 0.5) is 0 Å². The van der Waals surface area contributed by atoms with Crippen molar-refractivity contribution < 1.29 is 14.3 Å². The van der Waals surface area contributed by atoms with E-state index < -0.39 is 0 Å².